The highest BCUT2D eigenvalue weighted by Crippen LogP contribution is 2.22. The van der Waals surface area contributed by atoms with Crippen molar-refractivity contribution in [2.75, 3.05) is 25.6 Å². The van der Waals surface area contributed by atoms with Gasteiger partial charge >= 0.3 is 0 Å². The summed E-state index contributed by atoms with van der Waals surface area (Å²) in [6.07, 6.45) is 3.74. The van der Waals surface area contributed by atoms with Crippen molar-refractivity contribution in [3.63, 3.8) is 0 Å². The molecule has 1 rings (SSSR count). The summed E-state index contributed by atoms with van der Waals surface area (Å²) in [4.78, 5) is 4.31. The van der Waals surface area contributed by atoms with E-state index >= 15 is 0 Å². The molecular formula is C13H22N2O2. The van der Waals surface area contributed by atoms with Gasteiger partial charge in [-0.05, 0) is 25.0 Å². The number of pyridine rings is 1. The van der Waals surface area contributed by atoms with E-state index in [1.165, 1.54) is 0 Å². The largest absolute Gasteiger partial charge is 0.490 e. The summed E-state index contributed by atoms with van der Waals surface area (Å²) in [5, 5.41) is 3.35. The lowest BCUT2D eigenvalue weighted by Gasteiger charge is -2.18. The Morgan fingerprint density at radius 1 is 1.41 bits per heavy atom. The van der Waals surface area contributed by atoms with Crippen LogP contribution in [0.5, 0.6) is 5.75 Å². The Kier molecular flexibility index (Phi) is 6.40. The molecule has 1 atom stereocenters. The molecular weight excluding hydrogens is 216 g/mol. The first-order valence-corrected chi connectivity index (χ1v) is 6.15. The first kappa shape index (κ1) is 13.8. The third kappa shape index (κ3) is 4.61. The first-order chi connectivity index (χ1) is 8.31. The third-order valence-electron chi connectivity index (χ3n) is 2.43. The zero-order valence-electron chi connectivity index (χ0n) is 10.9. The molecule has 0 amide bonds. The van der Waals surface area contributed by atoms with Gasteiger partial charge in [0.2, 0.25) is 0 Å². The number of anilines is 1. The number of nitrogens with one attached hydrogen (secondary N) is 1. The zero-order valence-corrected chi connectivity index (χ0v) is 10.9. The lowest BCUT2D eigenvalue weighted by atomic mass is 10.2. The predicted octanol–water partition coefficient (Wildman–Crippen LogP) is 2.71. The van der Waals surface area contributed by atoms with Crippen LogP contribution in [-0.4, -0.2) is 31.3 Å². The van der Waals surface area contributed by atoms with Crippen molar-refractivity contribution in [3.8, 4) is 5.75 Å². The molecule has 1 heterocycles. The van der Waals surface area contributed by atoms with Crippen LogP contribution in [0.1, 0.15) is 26.7 Å². The molecule has 96 valence electrons. The summed E-state index contributed by atoms with van der Waals surface area (Å²) in [7, 11) is 1.71. The Morgan fingerprint density at radius 3 is 2.88 bits per heavy atom. The first-order valence-electron chi connectivity index (χ1n) is 6.15. The molecule has 1 unspecified atom stereocenters. The quantitative estimate of drug-likeness (QED) is 0.756. The van der Waals surface area contributed by atoms with Crippen LogP contribution in [0.3, 0.4) is 0 Å². The monoisotopic (exact) mass is 238 g/mol. The van der Waals surface area contributed by atoms with Gasteiger partial charge in [0, 0.05) is 13.3 Å². The van der Waals surface area contributed by atoms with Crippen LogP contribution < -0.4 is 10.1 Å². The van der Waals surface area contributed by atoms with Gasteiger partial charge in [-0.25, -0.2) is 4.98 Å². The van der Waals surface area contributed by atoms with E-state index in [0.29, 0.717) is 13.2 Å². The highest BCUT2D eigenvalue weighted by molar-refractivity contribution is 5.50. The fourth-order valence-corrected chi connectivity index (χ4v) is 1.48. The second-order valence-corrected chi connectivity index (χ2v) is 3.90. The predicted molar refractivity (Wildman–Crippen MR) is 69.6 cm³/mol. The molecule has 4 heteroatoms. The minimum Gasteiger partial charge on any atom is -0.490 e. The summed E-state index contributed by atoms with van der Waals surface area (Å²) in [5.41, 5.74) is 0. The summed E-state index contributed by atoms with van der Waals surface area (Å²) < 4.78 is 10.8. The van der Waals surface area contributed by atoms with E-state index in [4.69, 9.17) is 9.47 Å². The minimum absolute atomic E-state index is 0.263. The van der Waals surface area contributed by atoms with Gasteiger partial charge in [-0.1, -0.05) is 13.8 Å². The SMILES string of the molecule is CCCOc1cccnc1NC(CC)COC. The molecule has 0 radical (unpaired) electrons. The molecule has 0 fully saturated rings. The standard InChI is InChI=1S/C13H22N2O2/c1-4-9-17-12-7-6-8-14-13(12)15-11(5-2)10-16-3/h6-8,11H,4-5,9-10H2,1-3H3,(H,14,15). The topological polar surface area (TPSA) is 43.4 Å². The summed E-state index contributed by atoms with van der Waals surface area (Å²) in [6, 6.07) is 4.08. The van der Waals surface area contributed by atoms with Crippen molar-refractivity contribution in [2.45, 2.75) is 32.7 Å². The molecule has 17 heavy (non-hydrogen) atoms. The van der Waals surface area contributed by atoms with Crippen molar-refractivity contribution < 1.29 is 9.47 Å². The van der Waals surface area contributed by atoms with Crippen LogP contribution in [-0.2, 0) is 4.74 Å². The van der Waals surface area contributed by atoms with Crippen LogP contribution in [0.25, 0.3) is 0 Å². The third-order valence-corrected chi connectivity index (χ3v) is 2.43. The number of aromatic nitrogens is 1. The van der Waals surface area contributed by atoms with Crippen LogP contribution in [0.4, 0.5) is 5.82 Å². The van der Waals surface area contributed by atoms with E-state index in [0.717, 1.165) is 24.4 Å². The molecule has 1 N–H and O–H groups in total. The van der Waals surface area contributed by atoms with E-state index in [9.17, 15) is 0 Å². The maximum atomic E-state index is 5.64. The van der Waals surface area contributed by atoms with E-state index < -0.39 is 0 Å². The smallest absolute Gasteiger partial charge is 0.169 e. The van der Waals surface area contributed by atoms with Gasteiger partial charge in [-0.15, -0.1) is 0 Å². The van der Waals surface area contributed by atoms with Crippen molar-refractivity contribution in [1.29, 1.82) is 0 Å². The van der Waals surface area contributed by atoms with Crippen molar-refractivity contribution in [2.24, 2.45) is 0 Å². The van der Waals surface area contributed by atoms with E-state index in [2.05, 4.69) is 24.1 Å². The van der Waals surface area contributed by atoms with Gasteiger partial charge in [0.05, 0.1) is 19.3 Å². The van der Waals surface area contributed by atoms with Crippen molar-refractivity contribution in [3.05, 3.63) is 18.3 Å². The van der Waals surface area contributed by atoms with Gasteiger partial charge in [0.25, 0.3) is 0 Å². The molecule has 0 spiro atoms. The second kappa shape index (κ2) is 7.90. The molecule has 0 saturated heterocycles. The Labute approximate surface area is 103 Å². The van der Waals surface area contributed by atoms with Gasteiger partial charge in [-0.2, -0.15) is 0 Å². The second-order valence-electron chi connectivity index (χ2n) is 3.90. The van der Waals surface area contributed by atoms with Crippen LogP contribution in [0.2, 0.25) is 0 Å². The Bertz CT molecular complexity index is 318. The van der Waals surface area contributed by atoms with Crippen LogP contribution >= 0.6 is 0 Å². The van der Waals surface area contributed by atoms with Crippen molar-refractivity contribution >= 4 is 5.82 Å². The van der Waals surface area contributed by atoms with E-state index in [1.807, 2.05) is 12.1 Å². The van der Waals surface area contributed by atoms with Gasteiger partial charge in [-0.3, -0.25) is 0 Å². The molecule has 0 saturated carbocycles. The van der Waals surface area contributed by atoms with Gasteiger partial charge in [0.1, 0.15) is 0 Å². The number of nitrogens with zero attached hydrogens (tertiary/aromatic N) is 1. The highest BCUT2D eigenvalue weighted by Gasteiger charge is 2.10. The van der Waals surface area contributed by atoms with Gasteiger partial charge in [0.15, 0.2) is 11.6 Å². The molecule has 0 aliphatic heterocycles. The minimum atomic E-state index is 0.263. The molecule has 0 aliphatic carbocycles. The Balaban J connectivity index is 2.67. The fraction of sp³-hybridized carbons (Fsp3) is 0.615. The summed E-state index contributed by atoms with van der Waals surface area (Å²) >= 11 is 0. The van der Waals surface area contributed by atoms with Crippen LogP contribution in [0, 0.1) is 0 Å². The Morgan fingerprint density at radius 2 is 2.24 bits per heavy atom. The van der Waals surface area contributed by atoms with Crippen molar-refractivity contribution in [1.82, 2.24) is 4.98 Å². The summed E-state index contributed by atoms with van der Waals surface area (Å²) in [6.45, 7) is 5.58. The highest BCUT2D eigenvalue weighted by atomic mass is 16.5. The molecule has 1 aromatic heterocycles. The molecule has 4 nitrogen and oxygen atoms in total. The Hall–Kier alpha value is -1.29. The van der Waals surface area contributed by atoms with E-state index in [-0.39, 0.29) is 6.04 Å². The molecule has 0 aliphatic rings. The number of ether oxygens (including phenoxy) is 2. The zero-order chi connectivity index (χ0) is 12.5. The fourth-order valence-electron chi connectivity index (χ4n) is 1.48. The number of methoxy groups -OCH3 is 1. The number of hydrogen-bond acceptors (Lipinski definition) is 4. The summed E-state index contributed by atoms with van der Waals surface area (Å²) in [5.74, 6) is 1.61. The average molecular weight is 238 g/mol. The number of hydrogen-bond donors (Lipinski definition) is 1. The average Bonchev–Trinajstić information content (AvgIpc) is 2.37. The lowest BCUT2D eigenvalue weighted by molar-refractivity contribution is 0.184. The van der Waals surface area contributed by atoms with Gasteiger partial charge < -0.3 is 14.8 Å². The lowest BCUT2D eigenvalue weighted by Crippen LogP contribution is -2.24. The van der Waals surface area contributed by atoms with E-state index in [1.54, 1.807) is 13.3 Å². The maximum Gasteiger partial charge on any atom is 0.169 e. The number of rotatable bonds is 8. The molecule has 1 aromatic rings. The molecule has 0 bridgehead atoms. The van der Waals surface area contributed by atoms with Crippen LogP contribution in [0.15, 0.2) is 18.3 Å². The maximum absolute atomic E-state index is 5.64. The molecule has 0 aromatic carbocycles. The normalized spacial score (nSPS) is 12.2.